The molecule has 0 unspecified atom stereocenters. The SMILES string of the molecule is CCOC(=O)c1c(I)ccc(Br)c1C#N. The normalized spacial score (nSPS) is 9.47. The Morgan fingerprint density at radius 1 is 1.67 bits per heavy atom. The molecule has 1 aromatic rings. The third-order valence-electron chi connectivity index (χ3n) is 1.70. The van der Waals surface area contributed by atoms with Gasteiger partial charge in [0.15, 0.2) is 0 Å². The Kier molecular flexibility index (Phi) is 4.54. The Morgan fingerprint density at radius 2 is 2.33 bits per heavy atom. The summed E-state index contributed by atoms with van der Waals surface area (Å²) in [6.07, 6.45) is 0. The van der Waals surface area contributed by atoms with Crippen LogP contribution in [-0.2, 0) is 4.74 Å². The quantitative estimate of drug-likeness (QED) is 0.586. The zero-order valence-corrected chi connectivity index (χ0v) is 11.6. The number of benzene rings is 1. The molecular weight excluding hydrogens is 373 g/mol. The van der Waals surface area contributed by atoms with Gasteiger partial charge in [-0.1, -0.05) is 0 Å². The van der Waals surface area contributed by atoms with Crippen LogP contribution in [0.5, 0.6) is 0 Å². The van der Waals surface area contributed by atoms with Crippen LogP contribution >= 0.6 is 38.5 Å². The molecular formula is C10H7BrINO2. The number of esters is 1. The lowest BCUT2D eigenvalue weighted by Gasteiger charge is -2.07. The van der Waals surface area contributed by atoms with Crippen LogP contribution in [0.2, 0.25) is 0 Å². The van der Waals surface area contributed by atoms with Gasteiger partial charge in [0.1, 0.15) is 6.07 Å². The molecule has 0 aliphatic carbocycles. The monoisotopic (exact) mass is 379 g/mol. The fraction of sp³-hybridized carbons (Fsp3) is 0.200. The second kappa shape index (κ2) is 5.47. The lowest BCUT2D eigenvalue weighted by atomic mass is 10.1. The Hall–Kier alpha value is -0.610. The van der Waals surface area contributed by atoms with Crippen molar-refractivity contribution in [2.75, 3.05) is 6.61 Å². The molecule has 0 amide bonds. The van der Waals surface area contributed by atoms with E-state index in [2.05, 4.69) is 15.9 Å². The largest absolute Gasteiger partial charge is 0.462 e. The Labute approximate surface area is 110 Å². The highest BCUT2D eigenvalue weighted by atomic mass is 127. The van der Waals surface area contributed by atoms with Crippen molar-refractivity contribution in [3.63, 3.8) is 0 Å². The second-order valence-electron chi connectivity index (χ2n) is 2.61. The molecule has 0 saturated heterocycles. The van der Waals surface area contributed by atoms with Gasteiger partial charge in [-0.05, 0) is 57.6 Å². The molecule has 78 valence electrons. The summed E-state index contributed by atoms with van der Waals surface area (Å²) in [4.78, 5) is 11.6. The van der Waals surface area contributed by atoms with Crippen LogP contribution in [0.25, 0.3) is 0 Å². The molecule has 1 aromatic carbocycles. The molecule has 0 spiro atoms. The average Bonchev–Trinajstić information content (AvgIpc) is 2.21. The predicted molar refractivity (Wildman–Crippen MR) is 67.5 cm³/mol. The summed E-state index contributed by atoms with van der Waals surface area (Å²) in [6, 6.07) is 5.49. The zero-order chi connectivity index (χ0) is 11.4. The molecule has 0 heterocycles. The fourth-order valence-electron chi connectivity index (χ4n) is 1.06. The number of nitriles is 1. The van der Waals surface area contributed by atoms with E-state index in [9.17, 15) is 4.79 Å². The maximum atomic E-state index is 11.6. The molecule has 0 aliphatic rings. The second-order valence-corrected chi connectivity index (χ2v) is 4.63. The third-order valence-corrected chi connectivity index (χ3v) is 3.25. The van der Waals surface area contributed by atoms with Crippen LogP contribution < -0.4 is 0 Å². The summed E-state index contributed by atoms with van der Waals surface area (Å²) in [5.41, 5.74) is 0.648. The van der Waals surface area contributed by atoms with Crippen LogP contribution in [0.3, 0.4) is 0 Å². The number of nitrogens with zero attached hydrogens (tertiary/aromatic N) is 1. The average molecular weight is 380 g/mol. The van der Waals surface area contributed by atoms with Gasteiger partial charge in [-0.3, -0.25) is 0 Å². The Balaban J connectivity index is 3.33. The van der Waals surface area contributed by atoms with E-state index in [1.807, 2.05) is 28.7 Å². The van der Waals surface area contributed by atoms with Crippen molar-refractivity contribution in [1.82, 2.24) is 0 Å². The minimum absolute atomic E-state index is 0.298. The van der Waals surface area contributed by atoms with Gasteiger partial charge in [0.25, 0.3) is 0 Å². The first-order valence-electron chi connectivity index (χ1n) is 4.17. The van der Waals surface area contributed by atoms with Gasteiger partial charge in [-0.2, -0.15) is 5.26 Å². The summed E-state index contributed by atoms with van der Waals surface area (Å²) in [5.74, 6) is -0.459. The fourth-order valence-corrected chi connectivity index (χ4v) is 2.15. The summed E-state index contributed by atoms with van der Waals surface area (Å²) in [6.45, 7) is 2.03. The van der Waals surface area contributed by atoms with Gasteiger partial charge < -0.3 is 4.74 Å². The first kappa shape index (κ1) is 12.5. The van der Waals surface area contributed by atoms with Crippen molar-refractivity contribution >= 4 is 44.5 Å². The maximum absolute atomic E-state index is 11.6. The lowest BCUT2D eigenvalue weighted by molar-refractivity contribution is 0.0524. The highest BCUT2D eigenvalue weighted by Gasteiger charge is 2.18. The summed E-state index contributed by atoms with van der Waals surface area (Å²) in [5, 5.41) is 8.95. The number of rotatable bonds is 2. The van der Waals surface area contributed by atoms with E-state index < -0.39 is 5.97 Å². The van der Waals surface area contributed by atoms with E-state index in [0.717, 1.165) is 0 Å². The molecule has 0 aliphatic heterocycles. The van der Waals surface area contributed by atoms with Crippen molar-refractivity contribution < 1.29 is 9.53 Å². The van der Waals surface area contributed by atoms with Gasteiger partial charge in [-0.25, -0.2) is 4.79 Å². The minimum Gasteiger partial charge on any atom is -0.462 e. The molecule has 15 heavy (non-hydrogen) atoms. The van der Waals surface area contributed by atoms with Gasteiger partial charge in [0, 0.05) is 8.04 Å². The Morgan fingerprint density at radius 3 is 2.87 bits per heavy atom. The summed E-state index contributed by atoms with van der Waals surface area (Å²) in [7, 11) is 0. The zero-order valence-electron chi connectivity index (χ0n) is 7.88. The maximum Gasteiger partial charge on any atom is 0.340 e. The standard InChI is InChI=1S/C10H7BrINO2/c1-2-15-10(14)9-6(5-13)7(11)3-4-8(9)12/h3-4H,2H2,1H3. The predicted octanol–water partition coefficient (Wildman–Crippen LogP) is 3.10. The lowest BCUT2D eigenvalue weighted by Crippen LogP contribution is -2.09. The van der Waals surface area contributed by atoms with Gasteiger partial charge >= 0.3 is 5.97 Å². The molecule has 0 atom stereocenters. The van der Waals surface area contributed by atoms with Crippen molar-refractivity contribution in [2.45, 2.75) is 6.92 Å². The first-order chi connectivity index (χ1) is 7.11. The highest BCUT2D eigenvalue weighted by molar-refractivity contribution is 14.1. The van der Waals surface area contributed by atoms with Crippen LogP contribution in [-0.4, -0.2) is 12.6 Å². The minimum atomic E-state index is -0.459. The van der Waals surface area contributed by atoms with E-state index in [-0.39, 0.29) is 0 Å². The highest BCUT2D eigenvalue weighted by Crippen LogP contribution is 2.25. The number of halogens is 2. The van der Waals surface area contributed by atoms with E-state index in [4.69, 9.17) is 10.00 Å². The number of carbonyl (C=O) groups is 1. The van der Waals surface area contributed by atoms with E-state index >= 15 is 0 Å². The van der Waals surface area contributed by atoms with E-state index in [0.29, 0.717) is 25.8 Å². The number of carbonyl (C=O) groups excluding carboxylic acids is 1. The molecule has 3 nitrogen and oxygen atoms in total. The summed E-state index contributed by atoms with van der Waals surface area (Å²) < 4.78 is 6.21. The molecule has 0 fully saturated rings. The summed E-state index contributed by atoms with van der Waals surface area (Å²) >= 11 is 5.24. The van der Waals surface area contributed by atoms with Gasteiger partial charge in [0.2, 0.25) is 0 Å². The molecule has 0 saturated carbocycles. The number of hydrogen-bond acceptors (Lipinski definition) is 3. The number of ether oxygens (including phenoxy) is 1. The van der Waals surface area contributed by atoms with Crippen molar-refractivity contribution in [2.24, 2.45) is 0 Å². The first-order valence-corrected chi connectivity index (χ1v) is 6.04. The smallest absolute Gasteiger partial charge is 0.340 e. The third kappa shape index (κ3) is 2.69. The Bertz CT molecular complexity index is 440. The van der Waals surface area contributed by atoms with Gasteiger partial charge in [0.05, 0.1) is 17.7 Å². The molecule has 1 rings (SSSR count). The van der Waals surface area contributed by atoms with E-state index in [1.54, 1.807) is 19.1 Å². The van der Waals surface area contributed by atoms with Crippen molar-refractivity contribution in [3.05, 3.63) is 31.3 Å². The van der Waals surface area contributed by atoms with Crippen LogP contribution in [0, 0.1) is 14.9 Å². The van der Waals surface area contributed by atoms with Crippen molar-refractivity contribution in [3.8, 4) is 6.07 Å². The van der Waals surface area contributed by atoms with Crippen LogP contribution in [0.15, 0.2) is 16.6 Å². The molecule has 5 heteroatoms. The number of hydrogen-bond donors (Lipinski definition) is 0. The van der Waals surface area contributed by atoms with Gasteiger partial charge in [-0.15, -0.1) is 0 Å². The molecule has 0 bridgehead atoms. The molecule has 0 aromatic heterocycles. The topological polar surface area (TPSA) is 50.1 Å². The van der Waals surface area contributed by atoms with Crippen molar-refractivity contribution in [1.29, 1.82) is 5.26 Å². The van der Waals surface area contributed by atoms with Crippen LogP contribution in [0.1, 0.15) is 22.8 Å². The molecule has 0 radical (unpaired) electrons. The van der Waals surface area contributed by atoms with E-state index in [1.165, 1.54) is 0 Å². The van der Waals surface area contributed by atoms with Crippen LogP contribution in [0.4, 0.5) is 0 Å². The molecule has 0 N–H and O–H groups in total.